The number of ketones is 2. The average Bonchev–Trinajstić information content (AvgIpc) is 3.20. The Balaban J connectivity index is 1.53. The first kappa shape index (κ1) is 28.5. The molecule has 1 aromatic carbocycles. The van der Waals surface area contributed by atoms with E-state index < -0.39 is 70.2 Å². The molecule has 4 aliphatic carbocycles. The van der Waals surface area contributed by atoms with Gasteiger partial charge in [-0.15, -0.1) is 0 Å². The summed E-state index contributed by atoms with van der Waals surface area (Å²) < 4.78 is 52.2. The van der Waals surface area contributed by atoms with Crippen LogP contribution in [0, 0.1) is 28.5 Å². The third kappa shape index (κ3) is 4.04. The van der Waals surface area contributed by atoms with Crippen LogP contribution >= 0.6 is 0 Å². The van der Waals surface area contributed by atoms with Gasteiger partial charge in [0.15, 0.2) is 28.6 Å². The van der Waals surface area contributed by atoms with Crippen molar-refractivity contribution in [3.05, 3.63) is 53.9 Å². The summed E-state index contributed by atoms with van der Waals surface area (Å²) >= 11 is 0. The molecule has 11 heteroatoms. The number of nitrogens with one attached hydrogen (secondary N) is 1. The van der Waals surface area contributed by atoms with Crippen molar-refractivity contribution < 1.29 is 47.2 Å². The van der Waals surface area contributed by atoms with Crippen LogP contribution in [0.3, 0.4) is 0 Å². The first-order chi connectivity index (χ1) is 18.9. The van der Waals surface area contributed by atoms with Gasteiger partial charge in [0.2, 0.25) is 6.41 Å². The summed E-state index contributed by atoms with van der Waals surface area (Å²) in [6.45, 7) is 2.43. The highest BCUT2D eigenvalue weighted by atomic mass is 19.1. The number of aliphatic hydroxyl groups is 1. The molecule has 8 atom stereocenters. The number of hydrogen-bond donors (Lipinski definition) is 2. The van der Waals surface area contributed by atoms with Crippen molar-refractivity contribution in [1.29, 1.82) is 0 Å². The van der Waals surface area contributed by atoms with Gasteiger partial charge in [-0.2, -0.15) is 4.89 Å². The summed E-state index contributed by atoms with van der Waals surface area (Å²) in [5, 5.41) is 13.8. The zero-order chi connectivity index (χ0) is 28.9. The quantitative estimate of drug-likeness (QED) is 0.156. The molecule has 5 rings (SSSR count). The van der Waals surface area contributed by atoms with Gasteiger partial charge in [-0.05, 0) is 68.4 Å². The van der Waals surface area contributed by atoms with Crippen LogP contribution in [0.1, 0.15) is 39.5 Å². The van der Waals surface area contributed by atoms with Crippen molar-refractivity contribution in [2.45, 2.75) is 63.1 Å². The molecule has 0 aliphatic heterocycles. The Morgan fingerprint density at radius 3 is 2.77 bits per heavy atom. The number of carbonyl (C=O) groups is 3. The molecule has 1 amide bonds. The van der Waals surface area contributed by atoms with Gasteiger partial charge in [-0.25, -0.2) is 13.2 Å². The number of aliphatic hydroxyl groups excluding tert-OH is 1. The predicted octanol–water partition coefficient (Wildman–Crippen LogP) is 3.48. The summed E-state index contributed by atoms with van der Waals surface area (Å²) in [6, 6.07) is 5.11. The van der Waals surface area contributed by atoms with Crippen LogP contribution in [-0.2, 0) is 24.0 Å². The third-order valence-corrected chi connectivity index (χ3v) is 9.78. The van der Waals surface area contributed by atoms with Gasteiger partial charge < -0.3 is 20.0 Å². The molecular weight excluding hydrogens is 531 g/mol. The average molecular weight is 564 g/mol. The number of rotatable bonds is 9. The monoisotopic (exact) mass is 563 g/mol. The van der Waals surface area contributed by atoms with Crippen LogP contribution in [0.2, 0.25) is 0 Å². The Bertz CT molecular complexity index is 1270. The van der Waals surface area contributed by atoms with Crippen molar-refractivity contribution in [3.8, 4) is 5.75 Å². The molecule has 3 fully saturated rings. The maximum atomic E-state index is 17.4. The number of alkyl halides is 2. The lowest BCUT2D eigenvalue weighted by Gasteiger charge is -2.63. The molecule has 0 saturated heterocycles. The van der Waals surface area contributed by atoms with Gasteiger partial charge in [0.1, 0.15) is 25.3 Å². The molecule has 0 aromatic heterocycles. The number of halogens is 3. The number of allylic oxidation sites excluding steroid dienone is 4. The van der Waals surface area contributed by atoms with Crippen LogP contribution in [-0.4, -0.2) is 60.0 Å². The van der Waals surface area contributed by atoms with Gasteiger partial charge in [0.05, 0.1) is 6.10 Å². The molecule has 3 saturated carbocycles. The first-order valence-electron chi connectivity index (χ1n) is 13.3. The van der Waals surface area contributed by atoms with Crippen molar-refractivity contribution in [3.63, 3.8) is 0 Å². The zero-order valence-electron chi connectivity index (χ0n) is 22.2. The molecule has 216 valence electrons. The highest BCUT2D eigenvalue weighted by Gasteiger charge is 2.76. The molecule has 0 bridgehead atoms. The second-order valence-electron chi connectivity index (χ2n) is 11.6. The van der Waals surface area contributed by atoms with E-state index in [-0.39, 0.29) is 43.7 Å². The number of carbonyl (C=O) groups excluding carboxylic acids is 3. The van der Waals surface area contributed by atoms with Gasteiger partial charge in [0.25, 0.3) is 0 Å². The summed E-state index contributed by atoms with van der Waals surface area (Å²) in [6.07, 6.45) is 0.541. The fourth-order valence-corrected chi connectivity index (χ4v) is 7.82. The topological polar surface area (TPSA) is 111 Å². The molecular formula is C29H32F3NO7. The minimum atomic E-state index is -2.32. The van der Waals surface area contributed by atoms with Crippen LogP contribution < -0.4 is 10.2 Å². The fourth-order valence-electron chi connectivity index (χ4n) is 7.82. The normalized spacial score (nSPS) is 40.0. The van der Waals surface area contributed by atoms with Crippen molar-refractivity contribution in [2.75, 3.05) is 13.3 Å². The molecule has 1 aromatic rings. The third-order valence-electron chi connectivity index (χ3n) is 9.78. The zero-order valence-corrected chi connectivity index (χ0v) is 22.2. The van der Waals surface area contributed by atoms with E-state index in [1.807, 2.05) is 0 Å². The van der Waals surface area contributed by atoms with Gasteiger partial charge >= 0.3 is 0 Å². The van der Waals surface area contributed by atoms with Crippen LogP contribution in [0.25, 0.3) is 0 Å². The van der Waals surface area contributed by atoms with Gasteiger partial charge in [-0.1, -0.05) is 19.1 Å². The predicted molar refractivity (Wildman–Crippen MR) is 135 cm³/mol. The Hall–Kier alpha value is -3.02. The van der Waals surface area contributed by atoms with Crippen LogP contribution in [0.15, 0.2) is 48.1 Å². The highest BCUT2D eigenvalue weighted by molar-refractivity contribution is 6.01. The van der Waals surface area contributed by atoms with Gasteiger partial charge in [-0.3, -0.25) is 14.4 Å². The summed E-state index contributed by atoms with van der Waals surface area (Å²) in [4.78, 5) is 47.8. The molecule has 2 N–H and O–H groups in total. The summed E-state index contributed by atoms with van der Waals surface area (Å²) in [5.74, 6) is -3.28. The lowest BCUT2D eigenvalue weighted by molar-refractivity contribution is -0.323. The van der Waals surface area contributed by atoms with Crippen molar-refractivity contribution in [1.82, 2.24) is 5.32 Å². The van der Waals surface area contributed by atoms with E-state index in [2.05, 4.69) is 5.32 Å². The van der Waals surface area contributed by atoms with E-state index >= 15 is 8.78 Å². The van der Waals surface area contributed by atoms with Crippen LogP contribution in [0.4, 0.5) is 13.2 Å². The number of amides is 1. The lowest BCUT2D eigenvalue weighted by atomic mass is 9.44. The smallest absolute Gasteiger partial charge is 0.208 e. The highest BCUT2D eigenvalue weighted by Crippen LogP contribution is 2.70. The van der Waals surface area contributed by atoms with E-state index in [0.29, 0.717) is 6.41 Å². The molecule has 8 nitrogen and oxygen atoms in total. The fraction of sp³-hybridized carbons (Fsp3) is 0.552. The SMILES string of the molecule is CC12CC(O)[C@@]3(F)C(C[C@H](F)C4=CC(=O)C=CC43C)C1CCC2(OOc1cccc(F)c1)C(=O)COCNC=O. The second kappa shape index (κ2) is 10.1. The maximum absolute atomic E-state index is 17.4. The van der Waals surface area contributed by atoms with E-state index in [1.165, 1.54) is 37.3 Å². The van der Waals surface area contributed by atoms with E-state index in [4.69, 9.17) is 14.5 Å². The Labute approximate surface area is 229 Å². The minimum Gasteiger partial charge on any atom is -0.390 e. The lowest BCUT2D eigenvalue weighted by Crippen LogP contribution is -2.70. The largest absolute Gasteiger partial charge is 0.390 e. The molecule has 40 heavy (non-hydrogen) atoms. The number of Topliss-reactive ketones (excluding diaryl/α,β-unsaturated/α-hetero) is 1. The number of fused-ring (bicyclic) bond motifs is 5. The maximum Gasteiger partial charge on any atom is 0.208 e. The number of benzene rings is 1. The Morgan fingerprint density at radius 2 is 2.05 bits per heavy atom. The Morgan fingerprint density at radius 1 is 1.27 bits per heavy atom. The molecule has 0 radical (unpaired) electrons. The number of ether oxygens (including phenoxy) is 1. The van der Waals surface area contributed by atoms with Crippen LogP contribution in [0.5, 0.6) is 5.75 Å². The molecule has 0 heterocycles. The van der Waals surface area contributed by atoms with E-state index in [0.717, 1.165) is 12.1 Å². The second-order valence-corrected chi connectivity index (χ2v) is 11.6. The molecule has 6 unspecified atom stereocenters. The molecule has 4 aliphatic rings. The standard InChI is InChI=1S/C29H32F3NO7/c1-26-8-6-18(35)11-22(26)23(31)12-21-20-7-9-28(25(37)14-38-16-33-15-34,27(20,2)13-24(36)29(21,26)32)40-39-19-5-3-4-17(30)10-19/h3-6,8,10-11,15,20-21,23-24,36H,7,9,12-14,16H2,1-2H3,(H,33,34)/t20?,21?,23-,24?,26?,27?,28?,29-/m0/s1. The Kier molecular flexibility index (Phi) is 7.21. The first-order valence-corrected chi connectivity index (χ1v) is 13.3. The molecule has 0 spiro atoms. The van der Waals surface area contributed by atoms with E-state index in [1.54, 1.807) is 6.92 Å². The van der Waals surface area contributed by atoms with Crippen molar-refractivity contribution >= 4 is 18.0 Å². The minimum absolute atomic E-state index is 0.00325. The summed E-state index contributed by atoms with van der Waals surface area (Å²) in [7, 11) is 0. The van der Waals surface area contributed by atoms with E-state index in [9.17, 15) is 23.9 Å². The van der Waals surface area contributed by atoms with Gasteiger partial charge in [0, 0.05) is 22.8 Å². The van der Waals surface area contributed by atoms with Crippen molar-refractivity contribution in [2.24, 2.45) is 22.7 Å². The number of hydrogen-bond acceptors (Lipinski definition) is 7. The summed E-state index contributed by atoms with van der Waals surface area (Å²) in [5.41, 5.74) is -6.90.